The van der Waals surface area contributed by atoms with Gasteiger partial charge in [0.2, 0.25) is 0 Å². The molecule has 0 N–H and O–H groups in total. The molecule has 3 rings (SSSR count). The number of rotatable bonds is 10. The molecule has 2 heterocycles. The van der Waals surface area contributed by atoms with Crippen molar-refractivity contribution in [3.63, 3.8) is 0 Å². The minimum Gasteiger partial charge on any atom is -0.447 e. The van der Waals surface area contributed by atoms with Crippen LogP contribution in [0, 0.1) is 0 Å². The number of nitrogens with zero attached hydrogens (tertiary/aromatic N) is 1. The molecular weight excluding hydrogens is 410 g/mol. The van der Waals surface area contributed by atoms with Crippen LogP contribution in [-0.2, 0) is 15.9 Å². The molecule has 0 aliphatic carbocycles. The van der Waals surface area contributed by atoms with Gasteiger partial charge < -0.3 is 9.47 Å². The maximum Gasteiger partial charge on any atom is 0.412 e. The lowest BCUT2D eigenvalue weighted by atomic mass is 9.94. The first-order valence-corrected chi connectivity index (χ1v) is 15.4. The van der Waals surface area contributed by atoms with E-state index in [2.05, 4.69) is 58.3 Å². The van der Waals surface area contributed by atoms with E-state index >= 15 is 0 Å². The fourth-order valence-electron chi connectivity index (χ4n) is 4.00. The zero-order valence-corrected chi connectivity index (χ0v) is 20.8. The van der Waals surface area contributed by atoms with Crippen molar-refractivity contribution in [2.45, 2.75) is 62.5 Å². The third-order valence-electron chi connectivity index (χ3n) is 5.94. The summed E-state index contributed by atoms with van der Waals surface area (Å²) in [5, 5.41) is 0. The monoisotopic (exact) mass is 445 g/mol. The lowest BCUT2D eigenvalue weighted by Crippen LogP contribution is -2.56. The van der Waals surface area contributed by atoms with Gasteiger partial charge in [0.1, 0.15) is 6.61 Å². The second kappa shape index (κ2) is 8.93. The summed E-state index contributed by atoms with van der Waals surface area (Å²) < 4.78 is 11.3. The summed E-state index contributed by atoms with van der Waals surface area (Å²) >= 11 is 1.90. The summed E-state index contributed by atoms with van der Waals surface area (Å²) in [6.45, 7) is 16.3. The van der Waals surface area contributed by atoms with E-state index in [9.17, 15) is 4.79 Å². The molecule has 6 heteroatoms. The van der Waals surface area contributed by atoms with Crippen LogP contribution in [0.3, 0.4) is 0 Å². The summed E-state index contributed by atoms with van der Waals surface area (Å²) in [6, 6.07) is 11.5. The van der Waals surface area contributed by atoms with E-state index in [0.717, 1.165) is 17.7 Å². The van der Waals surface area contributed by atoms with Gasteiger partial charge in [0.05, 0.1) is 17.4 Å². The van der Waals surface area contributed by atoms with E-state index in [1.54, 1.807) is 0 Å². The van der Waals surface area contributed by atoms with Crippen LogP contribution in [0.1, 0.15) is 19.4 Å². The van der Waals surface area contributed by atoms with Crippen molar-refractivity contribution < 1.29 is 14.3 Å². The zero-order valence-electron chi connectivity index (χ0n) is 18.9. The molecule has 0 saturated carbocycles. The van der Waals surface area contributed by atoms with Crippen molar-refractivity contribution in [2.75, 3.05) is 19.0 Å². The number of cyclic esters (lactones) is 1. The second-order valence-corrected chi connectivity index (χ2v) is 16.9. The number of hydrogen-bond acceptors (Lipinski definition) is 4. The van der Waals surface area contributed by atoms with E-state index < -0.39 is 13.8 Å². The molecule has 1 unspecified atom stereocenters. The molecule has 1 aromatic rings. The Balaban J connectivity index is 1.89. The lowest BCUT2D eigenvalue weighted by Gasteiger charge is -2.40. The predicted octanol–water partition coefficient (Wildman–Crippen LogP) is 5.74. The first-order chi connectivity index (χ1) is 14.1. The minimum atomic E-state index is -1.16. The summed E-state index contributed by atoms with van der Waals surface area (Å²) in [4.78, 5) is 14.8. The maximum atomic E-state index is 12.9. The van der Waals surface area contributed by atoms with Gasteiger partial charge in [-0.1, -0.05) is 74.3 Å². The molecule has 30 heavy (non-hydrogen) atoms. The Kier molecular flexibility index (Phi) is 6.90. The quantitative estimate of drug-likeness (QED) is 0.262. The summed E-state index contributed by atoms with van der Waals surface area (Å²) in [5.41, 5.74) is 1.63. The SMILES string of the molecule is C=C/C(C)=C/[C@@](C)(SCC[Si](C)(C)C)C1(N2C(=O)OC[C@H]2Cc2ccccc2)CO1. The van der Waals surface area contributed by atoms with E-state index in [1.807, 2.05) is 40.9 Å². The van der Waals surface area contributed by atoms with Crippen LogP contribution in [0.2, 0.25) is 25.7 Å². The summed E-state index contributed by atoms with van der Waals surface area (Å²) in [6.07, 6.45) is 4.59. The smallest absolute Gasteiger partial charge is 0.412 e. The third-order valence-corrected chi connectivity index (χ3v) is 9.49. The van der Waals surface area contributed by atoms with E-state index in [-0.39, 0.29) is 16.9 Å². The Morgan fingerprint density at radius 1 is 1.37 bits per heavy atom. The van der Waals surface area contributed by atoms with Crippen LogP contribution in [0.5, 0.6) is 0 Å². The van der Waals surface area contributed by atoms with Gasteiger partial charge in [0.15, 0.2) is 5.72 Å². The van der Waals surface area contributed by atoms with Crippen LogP contribution >= 0.6 is 11.8 Å². The van der Waals surface area contributed by atoms with E-state index in [0.29, 0.717) is 13.2 Å². The Hall–Kier alpha value is -1.50. The molecular formula is C24H35NO3SSi. The van der Waals surface area contributed by atoms with Gasteiger partial charge in [-0.25, -0.2) is 4.79 Å². The fourth-order valence-corrected chi connectivity index (χ4v) is 8.00. The number of allylic oxidation sites excluding steroid dienone is 2. The van der Waals surface area contributed by atoms with Crippen LogP contribution < -0.4 is 0 Å². The highest BCUT2D eigenvalue weighted by atomic mass is 32.2. The molecule has 1 aromatic carbocycles. The standard InChI is InChI=1S/C24H35NO3SSi/c1-7-19(2)16-23(3,29-13-14-30(4,5)6)24(18-28-24)25-21(17-27-22(25)26)15-20-11-9-8-10-12-20/h7-12,16,21H,1,13-15,17-18H2,2-6H3/b19-16+/t21-,23-,24?/m1/s1. The molecule has 0 radical (unpaired) electrons. The van der Waals surface area contributed by atoms with Gasteiger partial charge >= 0.3 is 6.09 Å². The van der Waals surface area contributed by atoms with Gasteiger partial charge in [0, 0.05) is 8.07 Å². The Labute approximate surface area is 186 Å². The van der Waals surface area contributed by atoms with Crippen molar-refractivity contribution in [3.05, 3.63) is 60.2 Å². The van der Waals surface area contributed by atoms with Gasteiger partial charge in [-0.05, 0) is 37.6 Å². The number of benzene rings is 1. The highest BCUT2D eigenvalue weighted by molar-refractivity contribution is 8.01. The normalized spacial score (nSPS) is 26.3. The first-order valence-electron chi connectivity index (χ1n) is 10.7. The topological polar surface area (TPSA) is 42.1 Å². The minimum absolute atomic E-state index is 0.0308. The molecule has 4 nitrogen and oxygen atoms in total. The van der Waals surface area contributed by atoms with Crippen molar-refractivity contribution in [3.8, 4) is 0 Å². The van der Waals surface area contributed by atoms with Gasteiger partial charge in [-0.2, -0.15) is 0 Å². The van der Waals surface area contributed by atoms with Gasteiger partial charge in [0.25, 0.3) is 0 Å². The van der Waals surface area contributed by atoms with Crippen LogP contribution in [0.25, 0.3) is 0 Å². The Morgan fingerprint density at radius 2 is 2.03 bits per heavy atom. The van der Waals surface area contributed by atoms with Crippen molar-refractivity contribution in [1.82, 2.24) is 4.90 Å². The second-order valence-electron chi connectivity index (χ2n) is 9.72. The maximum absolute atomic E-state index is 12.9. The van der Waals surface area contributed by atoms with Gasteiger partial charge in [-0.3, -0.25) is 4.90 Å². The highest BCUT2D eigenvalue weighted by Gasteiger charge is 2.67. The average Bonchev–Trinajstić information content (AvgIpc) is 3.40. The number of thioether (sulfide) groups is 1. The predicted molar refractivity (Wildman–Crippen MR) is 129 cm³/mol. The molecule has 2 aliphatic rings. The number of carbonyl (C=O) groups is 1. The first kappa shape index (κ1) is 23.2. The summed E-state index contributed by atoms with van der Waals surface area (Å²) in [7, 11) is -1.16. The van der Waals surface area contributed by atoms with Crippen molar-refractivity contribution in [2.24, 2.45) is 0 Å². The van der Waals surface area contributed by atoms with E-state index in [1.165, 1.54) is 11.6 Å². The van der Waals surface area contributed by atoms with Crippen LogP contribution in [-0.4, -0.2) is 54.5 Å². The van der Waals surface area contributed by atoms with E-state index in [4.69, 9.17) is 9.47 Å². The molecule has 1 amide bonds. The molecule has 2 aliphatic heterocycles. The Morgan fingerprint density at radius 3 is 2.60 bits per heavy atom. The third kappa shape index (κ3) is 5.03. The molecule has 0 spiro atoms. The molecule has 2 saturated heterocycles. The number of hydrogen-bond donors (Lipinski definition) is 0. The molecule has 164 valence electrons. The number of epoxide rings is 1. The van der Waals surface area contributed by atoms with Gasteiger partial charge in [-0.15, -0.1) is 11.8 Å². The molecule has 0 bridgehead atoms. The summed E-state index contributed by atoms with van der Waals surface area (Å²) in [5.74, 6) is 1.05. The molecule has 3 atom stereocenters. The van der Waals surface area contributed by atoms with Crippen molar-refractivity contribution in [1.29, 1.82) is 0 Å². The zero-order chi connectivity index (χ0) is 22.0. The largest absolute Gasteiger partial charge is 0.447 e. The molecule has 2 fully saturated rings. The average molecular weight is 446 g/mol. The van der Waals surface area contributed by atoms with Crippen LogP contribution in [0.15, 0.2) is 54.6 Å². The number of ether oxygens (including phenoxy) is 2. The lowest BCUT2D eigenvalue weighted by molar-refractivity contribution is 0.0706. The fraction of sp³-hybridized carbons (Fsp3) is 0.542. The van der Waals surface area contributed by atoms with Crippen molar-refractivity contribution >= 4 is 25.9 Å². The molecule has 0 aromatic heterocycles. The Bertz CT molecular complexity index is 800. The van der Waals surface area contributed by atoms with Crippen LogP contribution in [0.4, 0.5) is 4.79 Å². The highest BCUT2D eigenvalue weighted by Crippen LogP contribution is 2.53. The number of amides is 1. The number of carbonyl (C=O) groups excluding carboxylic acids is 1.